The Morgan fingerprint density at radius 3 is 1.80 bits per heavy atom. The average molecular weight is 841 g/mol. The number of carbonyl (C=O) groups excluding carboxylic acids is 3. The number of alkyl halides is 3. The zero-order valence-electron chi connectivity index (χ0n) is 31.6. The first-order valence-corrected chi connectivity index (χ1v) is 20.9. The number of sulfonamides is 2. The molecule has 21 heteroatoms. The summed E-state index contributed by atoms with van der Waals surface area (Å²) in [5.41, 5.74) is 4.47. The summed E-state index contributed by atoms with van der Waals surface area (Å²) in [6, 6.07) is 16.1. The SMILES string of the molecule is COC(=O)CCOCCOCC[N+](C)(C)CCNS(=O)(=O)CCCNS(=O)(=O)CCCNC(=O)OCC1c2ccccc2-c2ccccc21.O=C([O-])C(F)(F)F. The van der Waals surface area contributed by atoms with Crippen LogP contribution in [0.1, 0.15) is 36.3 Å². The van der Waals surface area contributed by atoms with E-state index in [-0.39, 0.29) is 75.5 Å². The van der Waals surface area contributed by atoms with Crippen LogP contribution in [-0.4, -0.2) is 144 Å². The number of carboxylic acid groups (broad SMARTS) is 1. The topological polar surface area (TPSA) is 216 Å². The summed E-state index contributed by atoms with van der Waals surface area (Å²) < 4.78 is 107. The maximum atomic E-state index is 12.4. The molecule has 0 fully saturated rings. The fourth-order valence-electron chi connectivity index (χ4n) is 5.24. The first-order valence-electron chi connectivity index (χ1n) is 17.6. The van der Waals surface area contributed by atoms with Gasteiger partial charge in [0.2, 0.25) is 20.0 Å². The molecule has 56 heavy (non-hydrogen) atoms. The Balaban J connectivity index is 0.00000141. The van der Waals surface area contributed by atoms with Gasteiger partial charge in [0.1, 0.15) is 19.1 Å². The molecule has 0 atom stereocenters. The van der Waals surface area contributed by atoms with Crippen molar-refractivity contribution in [2.24, 2.45) is 0 Å². The van der Waals surface area contributed by atoms with E-state index in [4.69, 9.17) is 24.1 Å². The second-order valence-electron chi connectivity index (χ2n) is 13.1. The maximum Gasteiger partial charge on any atom is 0.430 e. The molecule has 0 radical (unpaired) electrons. The molecule has 1 aliphatic carbocycles. The molecule has 1 aliphatic rings. The van der Waals surface area contributed by atoms with Crippen LogP contribution in [0.5, 0.6) is 0 Å². The van der Waals surface area contributed by atoms with Crippen LogP contribution in [0, 0.1) is 0 Å². The first-order chi connectivity index (χ1) is 26.3. The Morgan fingerprint density at radius 1 is 0.768 bits per heavy atom. The van der Waals surface area contributed by atoms with E-state index in [0.717, 1.165) is 22.3 Å². The number of likely N-dealkylation sites (N-methyl/N-ethyl adjacent to an activating group) is 1. The number of fused-ring (bicyclic) bond motifs is 3. The predicted molar refractivity (Wildman–Crippen MR) is 197 cm³/mol. The molecule has 0 spiro atoms. The van der Waals surface area contributed by atoms with Crippen LogP contribution in [0.2, 0.25) is 0 Å². The first kappa shape index (κ1) is 48.3. The van der Waals surface area contributed by atoms with Gasteiger partial charge in [0.05, 0.1) is 78.6 Å². The maximum absolute atomic E-state index is 12.4. The number of nitrogens with zero attached hydrogens (tertiary/aromatic N) is 1. The van der Waals surface area contributed by atoms with Crippen molar-refractivity contribution in [3.8, 4) is 11.1 Å². The van der Waals surface area contributed by atoms with Gasteiger partial charge in [0.25, 0.3) is 0 Å². The molecule has 2 aromatic rings. The molecule has 1 amide bonds. The molecule has 16 nitrogen and oxygen atoms in total. The highest BCUT2D eigenvalue weighted by Gasteiger charge is 2.30. The molecule has 3 N–H and O–H groups in total. The van der Waals surface area contributed by atoms with Crippen molar-refractivity contribution < 1.29 is 72.9 Å². The normalized spacial score (nSPS) is 12.9. The number of quaternary nitrogens is 1. The van der Waals surface area contributed by atoms with Crippen molar-refractivity contribution in [1.82, 2.24) is 14.8 Å². The molecule has 0 saturated carbocycles. The Morgan fingerprint density at radius 2 is 1.27 bits per heavy atom. The molecule has 0 heterocycles. The Labute approximate surface area is 325 Å². The van der Waals surface area contributed by atoms with Crippen LogP contribution < -0.4 is 19.9 Å². The largest absolute Gasteiger partial charge is 0.542 e. The lowest BCUT2D eigenvalue weighted by Gasteiger charge is -2.29. The number of carbonyl (C=O) groups is 3. The number of ether oxygens (including phenoxy) is 4. The average Bonchev–Trinajstić information content (AvgIpc) is 3.45. The summed E-state index contributed by atoms with van der Waals surface area (Å²) in [7, 11) is -1.97. The zero-order chi connectivity index (χ0) is 41.8. The number of halogens is 3. The van der Waals surface area contributed by atoms with Gasteiger partial charge in [-0.1, -0.05) is 48.5 Å². The molecule has 3 rings (SSSR count). The van der Waals surface area contributed by atoms with Crippen molar-refractivity contribution in [1.29, 1.82) is 0 Å². The number of hydrogen-bond acceptors (Lipinski definition) is 12. The molecule has 2 aromatic carbocycles. The van der Waals surface area contributed by atoms with Gasteiger partial charge in [0, 0.05) is 19.0 Å². The molecule has 0 saturated heterocycles. The lowest BCUT2D eigenvalue weighted by Crippen LogP contribution is -2.47. The second-order valence-corrected chi connectivity index (χ2v) is 17.0. The Hall–Kier alpha value is -3.86. The van der Waals surface area contributed by atoms with Gasteiger partial charge in [-0.3, -0.25) is 4.79 Å². The van der Waals surface area contributed by atoms with Crippen LogP contribution in [0.25, 0.3) is 11.1 Å². The number of amides is 1. The number of alkyl carbamates (subject to hydrolysis) is 1. The number of carboxylic acids is 1. The second kappa shape index (κ2) is 23.4. The molecule has 0 bridgehead atoms. The van der Waals surface area contributed by atoms with E-state index in [2.05, 4.69) is 31.6 Å². The van der Waals surface area contributed by atoms with Gasteiger partial charge in [0.15, 0.2) is 0 Å². The summed E-state index contributed by atoms with van der Waals surface area (Å²) in [6.07, 6.45) is -5.33. The molecule has 0 unspecified atom stereocenters. The lowest BCUT2D eigenvalue weighted by atomic mass is 9.98. The number of benzene rings is 2. The quantitative estimate of drug-likeness (QED) is 0.0771. The van der Waals surface area contributed by atoms with Crippen molar-refractivity contribution in [3.05, 3.63) is 59.7 Å². The third kappa shape index (κ3) is 18.9. The number of methoxy groups -OCH3 is 1. The van der Waals surface area contributed by atoms with Crippen LogP contribution in [0.3, 0.4) is 0 Å². The number of hydrogen-bond donors (Lipinski definition) is 3. The van der Waals surface area contributed by atoms with E-state index < -0.39 is 38.3 Å². The summed E-state index contributed by atoms with van der Waals surface area (Å²) in [5, 5.41) is 11.4. The van der Waals surface area contributed by atoms with Gasteiger partial charge < -0.3 is 38.6 Å². The van der Waals surface area contributed by atoms with Crippen molar-refractivity contribution in [3.63, 3.8) is 0 Å². The van der Waals surface area contributed by atoms with Gasteiger partial charge in [-0.05, 0) is 35.1 Å². The van der Waals surface area contributed by atoms with E-state index in [1.807, 2.05) is 50.5 Å². The monoisotopic (exact) mass is 840 g/mol. The third-order valence-corrected chi connectivity index (χ3v) is 11.2. The Kier molecular flexibility index (Phi) is 20.2. The van der Waals surface area contributed by atoms with E-state index in [0.29, 0.717) is 37.4 Å². The fourth-order valence-corrected chi connectivity index (χ4v) is 7.44. The highest BCUT2D eigenvalue weighted by Crippen LogP contribution is 2.44. The van der Waals surface area contributed by atoms with Crippen molar-refractivity contribution in [2.75, 3.05) is 98.5 Å². The van der Waals surface area contributed by atoms with Gasteiger partial charge >= 0.3 is 18.2 Å². The van der Waals surface area contributed by atoms with Crippen molar-refractivity contribution in [2.45, 2.75) is 31.4 Å². The van der Waals surface area contributed by atoms with Gasteiger partial charge in [-0.25, -0.2) is 31.1 Å². The number of nitrogens with one attached hydrogen (secondary N) is 3. The van der Waals surface area contributed by atoms with Crippen LogP contribution in [-0.2, 0) is 48.6 Å². The number of aliphatic carboxylic acids is 1. The molecular formula is C35H51F3N4O12S2. The lowest BCUT2D eigenvalue weighted by molar-refractivity contribution is -0.889. The highest BCUT2D eigenvalue weighted by molar-refractivity contribution is 7.89. The molecule has 0 aromatic heterocycles. The summed E-state index contributed by atoms with van der Waals surface area (Å²) in [5.74, 6) is -3.84. The smallest absolute Gasteiger partial charge is 0.430 e. The summed E-state index contributed by atoms with van der Waals surface area (Å²) in [6.45, 7) is 3.17. The minimum atomic E-state index is -5.19. The third-order valence-electron chi connectivity index (χ3n) is 8.28. The van der Waals surface area contributed by atoms with Crippen LogP contribution in [0.15, 0.2) is 48.5 Å². The van der Waals surface area contributed by atoms with E-state index in [9.17, 15) is 39.6 Å². The van der Waals surface area contributed by atoms with Crippen molar-refractivity contribution >= 4 is 38.1 Å². The minimum absolute atomic E-state index is 0.0195. The van der Waals surface area contributed by atoms with Crippen LogP contribution in [0.4, 0.5) is 18.0 Å². The van der Waals surface area contributed by atoms with Crippen LogP contribution >= 0.6 is 0 Å². The molecular weight excluding hydrogens is 790 g/mol. The minimum Gasteiger partial charge on any atom is -0.542 e. The van der Waals surface area contributed by atoms with E-state index in [1.165, 1.54) is 7.11 Å². The predicted octanol–water partition coefficient (Wildman–Crippen LogP) is 1.12. The Bertz CT molecular complexity index is 1730. The summed E-state index contributed by atoms with van der Waals surface area (Å²) in [4.78, 5) is 32.1. The standard InChI is InChI=1S/C33H50N4O10S2.C2HF3O2/c1-37(2,19-21-46-23-22-45-20-14-32(38)44-3)18-17-36-49(42,43)25-9-16-35-48(40,41)24-8-15-34-33(39)47-26-31-29-12-6-4-10-27(29)28-11-5-7-13-30(28)31;3-2(4,5)1(6)7/h4-7,10-13,31,35-36H,8-9,14-26H2,1-3H3;(H,6,7). The molecule has 0 aliphatic heterocycles. The zero-order valence-corrected chi connectivity index (χ0v) is 33.2. The number of esters is 1. The highest BCUT2D eigenvalue weighted by atomic mass is 32.2. The van der Waals surface area contributed by atoms with Gasteiger partial charge in [-0.2, -0.15) is 13.2 Å². The summed E-state index contributed by atoms with van der Waals surface area (Å²) >= 11 is 0. The van der Waals surface area contributed by atoms with E-state index >= 15 is 0 Å². The number of rotatable bonds is 24. The molecule has 316 valence electrons. The van der Waals surface area contributed by atoms with E-state index in [1.54, 1.807) is 0 Å². The van der Waals surface area contributed by atoms with Gasteiger partial charge in [-0.15, -0.1) is 0 Å². The fraction of sp³-hybridized carbons (Fsp3) is 0.571.